The summed E-state index contributed by atoms with van der Waals surface area (Å²) in [6.07, 6.45) is 2.31. The van der Waals surface area contributed by atoms with Crippen LogP contribution in [0.15, 0.2) is 65.6 Å². The standard InChI is InChI=1S/C24H30N2O2S/c27-24(26-13-7-8-20(19-26)18-25-14-16-28-17-15-25)23(21-9-3-1-4-10-21)29-22-11-5-2-6-12-22/h1-6,9-12,20,23H,7-8,13-19H2. The molecule has 0 radical (unpaired) electrons. The van der Waals surface area contributed by atoms with Crippen LogP contribution in [0.3, 0.4) is 0 Å². The van der Waals surface area contributed by atoms with E-state index >= 15 is 0 Å². The van der Waals surface area contributed by atoms with Crippen molar-refractivity contribution in [3.05, 3.63) is 66.2 Å². The maximum absolute atomic E-state index is 13.6. The quantitative estimate of drug-likeness (QED) is 0.672. The first kappa shape index (κ1) is 20.5. The number of hydrogen-bond donors (Lipinski definition) is 0. The number of thioether (sulfide) groups is 1. The number of likely N-dealkylation sites (tertiary alicyclic amines) is 1. The summed E-state index contributed by atoms with van der Waals surface area (Å²) in [5.74, 6) is 0.806. The Morgan fingerprint density at radius 3 is 2.41 bits per heavy atom. The Bertz CT molecular complexity index is 765. The molecule has 2 heterocycles. The van der Waals surface area contributed by atoms with Crippen LogP contribution in [0.4, 0.5) is 0 Å². The minimum Gasteiger partial charge on any atom is -0.379 e. The van der Waals surface area contributed by atoms with Gasteiger partial charge in [0.15, 0.2) is 0 Å². The molecule has 0 spiro atoms. The van der Waals surface area contributed by atoms with Gasteiger partial charge in [0.05, 0.1) is 13.2 Å². The van der Waals surface area contributed by atoms with Gasteiger partial charge in [-0.2, -0.15) is 0 Å². The second-order valence-electron chi connectivity index (χ2n) is 7.93. The molecule has 2 unspecified atom stereocenters. The summed E-state index contributed by atoms with van der Waals surface area (Å²) >= 11 is 1.66. The summed E-state index contributed by atoms with van der Waals surface area (Å²) in [5, 5.41) is -0.194. The van der Waals surface area contributed by atoms with Crippen molar-refractivity contribution in [1.29, 1.82) is 0 Å². The van der Waals surface area contributed by atoms with Crippen molar-refractivity contribution >= 4 is 17.7 Å². The van der Waals surface area contributed by atoms with Crippen molar-refractivity contribution in [3.8, 4) is 0 Å². The number of amides is 1. The lowest BCUT2D eigenvalue weighted by Crippen LogP contribution is -2.47. The number of nitrogens with zero attached hydrogens (tertiary/aromatic N) is 2. The zero-order valence-electron chi connectivity index (χ0n) is 16.9. The summed E-state index contributed by atoms with van der Waals surface area (Å²) in [4.78, 5) is 19.4. The molecule has 0 bridgehead atoms. The fraction of sp³-hybridized carbons (Fsp3) is 0.458. The summed E-state index contributed by atoms with van der Waals surface area (Å²) in [7, 11) is 0. The van der Waals surface area contributed by atoms with Crippen LogP contribution in [0.25, 0.3) is 0 Å². The van der Waals surface area contributed by atoms with Crippen LogP contribution in [-0.2, 0) is 9.53 Å². The number of benzene rings is 2. The van der Waals surface area contributed by atoms with Crippen molar-refractivity contribution in [1.82, 2.24) is 9.80 Å². The molecule has 0 aromatic heterocycles. The molecular weight excluding hydrogens is 380 g/mol. The van der Waals surface area contributed by atoms with E-state index in [2.05, 4.69) is 34.1 Å². The Morgan fingerprint density at radius 2 is 1.69 bits per heavy atom. The van der Waals surface area contributed by atoms with Gasteiger partial charge in [-0.1, -0.05) is 48.5 Å². The van der Waals surface area contributed by atoms with E-state index in [9.17, 15) is 4.79 Å². The zero-order chi connectivity index (χ0) is 19.9. The fourth-order valence-corrected chi connectivity index (χ4v) is 5.38. The Hall–Kier alpha value is -1.82. The first-order chi connectivity index (χ1) is 14.3. The van der Waals surface area contributed by atoms with Crippen molar-refractivity contribution in [2.75, 3.05) is 45.9 Å². The molecule has 29 heavy (non-hydrogen) atoms. The topological polar surface area (TPSA) is 32.8 Å². The SMILES string of the molecule is O=C(C(Sc1ccccc1)c1ccccc1)N1CCCC(CN2CCOCC2)C1. The number of hydrogen-bond acceptors (Lipinski definition) is 4. The second-order valence-corrected chi connectivity index (χ2v) is 9.11. The van der Waals surface area contributed by atoms with Crippen LogP contribution < -0.4 is 0 Å². The van der Waals surface area contributed by atoms with E-state index in [1.54, 1.807) is 11.8 Å². The van der Waals surface area contributed by atoms with E-state index in [0.29, 0.717) is 5.92 Å². The van der Waals surface area contributed by atoms with E-state index in [-0.39, 0.29) is 11.2 Å². The van der Waals surface area contributed by atoms with Crippen LogP contribution in [-0.4, -0.2) is 61.6 Å². The van der Waals surface area contributed by atoms with E-state index in [1.165, 1.54) is 6.42 Å². The third kappa shape index (κ3) is 5.62. The van der Waals surface area contributed by atoms with E-state index in [0.717, 1.165) is 62.8 Å². The first-order valence-electron chi connectivity index (χ1n) is 10.6. The molecule has 2 aromatic carbocycles. The van der Waals surface area contributed by atoms with Crippen molar-refractivity contribution in [2.45, 2.75) is 23.0 Å². The summed E-state index contributed by atoms with van der Waals surface area (Å²) < 4.78 is 5.48. The number of ether oxygens (including phenoxy) is 1. The third-order valence-corrected chi connectivity index (χ3v) is 7.03. The van der Waals surface area contributed by atoms with Gasteiger partial charge in [-0.3, -0.25) is 9.69 Å². The number of morpholine rings is 1. The van der Waals surface area contributed by atoms with Gasteiger partial charge >= 0.3 is 0 Å². The predicted octanol–water partition coefficient (Wildman–Crippen LogP) is 4.09. The number of piperidine rings is 1. The summed E-state index contributed by atoms with van der Waals surface area (Å²) in [5.41, 5.74) is 1.08. The molecule has 2 atom stereocenters. The van der Waals surface area contributed by atoms with E-state index in [1.807, 2.05) is 36.4 Å². The lowest BCUT2D eigenvalue weighted by Gasteiger charge is -2.38. The van der Waals surface area contributed by atoms with Gasteiger partial charge in [-0.05, 0) is 36.5 Å². The molecule has 2 fully saturated rings. The van der Waals surface area contributed by atoms with Gasteiger partial charge < -0.3 is 9.64 Å². The maximum atomic E-state index is 13.6. The van der Waals surface area contributed by atoms with Gasteiger partial charge in [-0.15, -0.1) is 11.8 Å². The van der Waals surface area contributed by atoms with Crippen LogP contribution in [0.5, 0.6) is 0 Å². The molecule has 5 heteroatoms. The lowest BCUT2D eigenvalue weighted by atomic mass is 9.96. The molecule has 0 saturated carbocycles. The molecule has 2 aliphatic heterocycles. The molecule has 4 nitrogen and oxygen atoms in total. The van der Waals surface area contributed by atoms with Crippen molar-refractivity contribution < 1.29 is 9.53 Å². The van der Waals surface area contributed by atoms with Crippen LogP contribution in [0.2, 0.25) is 0 Å². The monoisotopic (exact) mass is 410 g/mol. The number of carbonyl (C=O) groups is 1. The molecular formula is C24H30N2O2S. The molecule has 2 aliphatic rings. The Labute approximate surface area is 178 Å². The van der Waals surface area contributed by atoms with Crippen LogP contribution >= 0.6 is 11.8 Å². The van der Waals surface area contributed by atoms with E-state index < -0.39 is 0 Å². The average molecular weight is 411 g/mol. The normalized spacial score (nSPS) is 21.7. The highest BCUT2D eigenvalue weighted by molar-refractivity contribution is 8.00. The highest BCUT2D eigenvalue weighted by Crippen LogP contribution is 2.37. The number of carbonyl (C=O) groups excluding carboxylic acids is 1. The molecule has 2 saturated heterocycles. The fourth-order valence-electron chi connectivity index (χ4n) is 4.25. The predicted molar refractivity (Wildman–Crippen MR) is 118 cm³/mol. The number of rotatable bonds is 6. The van der Waals surface area contributed by atoms with Crippen molar-refractivity contribution in [3.63, 3.8) is 0 Å². The summed E-state index contributed by atoms with van der Waals surface area (Å²) in [6.45, 7) is 6.52. The smallest absolute Gasteiger partial charge is 0.240 e. The largest absolute Gasteiger partial charge is 0.379 e. The Morgan fingerprint density at radius 1 is 1.00 bits per heavy atom. The first-order valence-corrected chi connectivity index (χ1v) is 11.5. The molecule has 1 amide bonds. The lowest BCUT2D eigenvalue weighted by molar-refractivity contribution is -0.132. The van der Waals surface area contributed by atoms with Crippen molar-refractivity contribution in [2.24, 2.45) is 5.92 Å². The molecule has 0 aliphatic carbocycles. The summed E-state index contributed by atoms with van der Waals surface area (Å²) in [6, 6.07) is 20.5. The minimum absolute atomic E-state index is 0.194. The Kier molecular flexibility index (Phi) is 7.25. The van der Waals surface area contributed by atoms with Gasteiger partial charge in [0.1, 0.15) is 5.25 Å². The van der Waals surface area contributed by atoms with Gasteiger partial charge in [0, 0.05) is 37.6 Å². The van der Waals surface area contributed by atoms with Gasteiger partial charge in [-0.25, -0.2) is 0 Å². The molecule has 0 N–H and O–H groups in total. The highest BCUT2D eigenvalue weighted by atomic mass is 32.2. The van der Waals surface area contributed by atoms with E-state index in [4.69, 9.17) is 4.74 Å². The average Bonchev–Trinajstić information content (AvgIpc) is 2.79. The molecule has 154 valence electrons. The maximum Gasteiger partial charge on any atom is 0.240 e. The zero-order valence-corrected chi connectivity index (χ0v) is 17.7. The second kappa shape index (κ2) is 10.3. The van der Waals surface area contributed by atoms with Crippen LogP contribution in [0.1, 0.15) is 23.7 Å². The van der Waals surface area contributed by atoms with Crippen LogP contribution in [0, 0.1) is 5.92 Å². The molecule has 2 aromatic rings. The third-order valence-electron chi connectivity index (χ3n) is 5.77. The minimum atomic E-state index is -0.194. The van der Waals surface area contributed by atoms with Gasteiger partial charge in [0.2, 0.25) is 5.91 Å². The Balaban J connectivity index is 1.46. The highest BCUT2D eigenvalue weighted by Gasteiger charge is 2.31. The van der Waals surface area contributed by atoms with Gasteiger partial charge in [0.25, 0.3) is 0 Å². The molecule has 4 rings (SSSR count).